The number of hydrogen-bond donors (Lipinski definition) is 1. The molecular formula is C21H20FN3O6. The summed E-state index contributed by atoms with van der Waals surface area (Å²) in [5, 5.41) is 13.1. The molecule has 0 aliphatic carbocycles. The predicted octanol–water partition coefficient (Wildman–Crippen LogP) is 3.43. The summed E-state index contributed by atoms with van der Waals surface area (Å²) in [6.07, 6.45) is 1.07. The first kappa shape index (κ1) is 21.9. The van der Waals surface area contributed by atoms with Crippen molar-refractivity contribution < 1.29 is 28.4 Å². The second kappa shape index (κ2) is 9.33. The van der Waals surface area contributed by atoms with Gasteiger partial charge >= 0.3 is 11.7 Å². The van der Waals surface area contributed by atoms with Crippen molar-refractivity contribution in [3.63, 3.8) is 0 Å². The first-order valence-electron chi connectivity index (χ1n) is 9.62. The minimum atomic E-state index is -1.21. The average molecular weight is 429 g/mol. The third-order valence-electron chi connectivity index (χ3n) is 4.80. The van der Waals surface area contributed by atoms with Crippen molar-refractivity contribution in [1.29, 1.82) is 0 Å². The molecule has 1 aliphatic heterocycles. The van der Waals surface area contributed by atoms with Crippen molar-refractivity contribution in [2.45, 2.75) is 32.3 Å². The lowest BCUT2D eigenvalue weighted by atomic mass is 10.1. The molecule has 2 amide bonds. The molecule has 0 spiro atoms. The van der Waals surface area contributed by atoms with Gasteiger partial charge in [-0.25, -0.2) is 4.79 Å². The SMILES string of the molecule is CC(OC(=O)c1ccc(N2CCCCC2=O)cc1)C(=O)Nc1ccc(F)c([N+](=O)[O-])c1. The van der Waals surface area contributed by atoms with Gasteiger partial charge in [0.05, 0.1) is 10.5 Å². The molecule has 1 atom stereocenters. The molecule has 1 saturated heterocycles. The van der Waals surface area contributed by atoms with E-state index < -0.39 is 34.4 Å². The van der Waals surface area contributed by atoms with Crippen molar-refractivity contribution in [3.8, 4) is 0 Å². The molecule has 1 heterocycles. The number of carbonyl (C=O) groups is 3. The van der Waals surface area contributed by atoms with Crippen LogP contribution in [-0.4, -0.2) is 35.4 Å². The van der Waals surface area contributed by atoms with Crippen LogP contribution >= 0.6 is 0 Å². The number of hydrogen-bond acceptors (Lipinski definition) is 6. The number of carbonyl (C=O) groups excluding carboxylic acids is 3. The molecule has 10 heteroatoms. The van der Waals surface area contributed by atoms with E-state index in [9.17, 15) is 28.9 Å². The molecule has 1 N–H and O–H groups in total. The molecule has 2 aromatic rings. The van der Waals surface area contributed by atoms with Gasteiger partial charge in [-0.2, -0.15) is 4.39 Å². The first-order chi connectivity index (χ1) is 14.8. The molecule has 0 saturated carbocycles. The van der Waals surface area contributed by atoms with Gasteiger partial charge in [-0.3, -0.25) is 19.7 Å². The molecule has 31 heavy (non-hydrogen) atoms. The van der Waals surface area contributed by atoms with Crippen molar-refractivity contribution in [1.82, 2.24) is 0 Å². The molecule has 9 nitrogen and oxygen atoms in total. The van der Waals surface area contributed by atoms with E-state index in [0.717, 1.165) is 31.0 Å². The van der Waals surface area contributed by atoms with Gasteiger partial charge in [0.1, 0.15) is 0 Å². The zero-order valence-electron chi connectivity index (χ0n) is 16.7. The number of rotatable bonds is 6. The number of nitrogens with one attached hydrogen (secondary N) is 1. The Bertz CT molecular complexity index is 1020. The van der Waals surface area contributed by atoms with E-state index >= 15 is 0 Å². The molecule has 1 aliphatic rings. The number of benzene rings is 2. The van der Waals surface area contributed by atoms with Gasteiger partial charge in [-0.05, 0) is 56.2 Å². The van der Waals surface area contributed by atoms with Crippen LogP contribution in [-0.2, 0) is 14.3 Å². The second-order valence-corrected chi connectivity index (χ2v) is 7.01. The molecular weight excluding hydrogens is 409 g/mol. The Morgan fingerprint density at radius 1 is 1.19 bits per heavy atom. The minimum absolute atomic E-state index is 0.00319. The summed E-state index contributed by atoms with van der Waals surface area (Å²) in [6.45, 7) is 1.97. The summed E-state index contributed by atoms with van der Waals surface area (Å²) in [5.74, 6) is -2.47. The van der Waals surface area contributed by atoms with Crippen molar-refractivity contribution in [3.05, 3.63) is 64.0 Å². The van der Waals surface area contributed by atoms with Crippen LogP contribution in [0.4, 0.5) is 21.5 Å². The predicted molar refractivity (Wildman–Crippen MR) is 109 cm³/mol. The smallest absolute Gasteiger partial charge is 0.338 e. The highest BCUT2D eigenvalue weighted by Crippen LogP contribution is 2.23. The summed E-state index contributed by atoms with van der Waals surface area (Å²) < 4.78 is 18.5. The monoisotopic (exact) mass is 429 g/mol. The Labute approximate surface area is 176 Å². The lowest BCUT2D eigenvalue weighted by Gasteiger charge is -2.26. The number of esters is 1. The molecule has 0 bridgehead atoms. The highest BCUT2D eigenvalue weighted by molar-refractivity contribution is 5.98. The summed E-state index contributed by atoms with van der Waals surface area (Å²) in [6, 6.07) is 9.20. The molecule has 0 aromatic heterocycles. The molecule has 2 aromatic carbocycles. The van der Waals surface area contributed by atoms with E-state index in [1.807, 2.05) is 0 Å². The van der Waals surface area contributed by atoms with E-state index in [4.69, 9.17) is 4.74 Å². The van der Waals surface area contributed by atoms with Crippen LogP contribution in [0.25, 0.3) is 0 Å². The zero-order valence-corrected chi connectivity index (χ0v) is 16.7. The summed E-state index contributed by atoms with van der Waals surface area (Å²) in [5.41, 5.74) is 0.0986. The standard InChI is InChI=1S/C21H20FN3O6/c1-13(20(27)23-15-7-10-17(22)18(12-15)25(29)30)31-21(28)14-5-8-16(9-6-14)24-11-3-2-4-19(24)26/h5-10,12-13H,2-4,11H2,1H3,(H,23,27). The van der Waals surface area contributed by atoms with Crippen molar-refractivity contribution >= 4 is 34.8 Å². The van der Waals surface area contributed by atoms with Crippen LogP contribution in [0.3, 0.4) is 0 Å². The van der Waals surface area contributed by atoms with E-state index in [0.29, 0.717) is 18.7 Å². The molecule has 1 unspecified atom stereocenters. The molecule has 162 valence electrons. The fourth-order valence-corrected chi connectivity index (χ4v) is 3.11. The van der Waals surface area contributed by atoms with Gasteiger partial charge in [0, 0.05) is 30.4 Å². The Balaban J connectivity index is 1.61. The zero-order chi connectivity index (χ0) is 22.5. The van der Waals surface area contributed by atoms with Gasteiger partial charge in [0.25, 0.3) is 5.91 Å². The van der Waals surface area contributed by atoms with Crippen LogP contribution in [0.1, 0.15) is 36.5 Å². The topological polar surface area (TPSA) is 119 Å². The highest BCUT2D eigenvalue weighted by atomic mass is 19.1. The number of nitrogens with zero attached hydrogens (tertiary/aromatic N) is 2. The van der Waals surface area contributed by atoms with Crippen LogP contribution in [0.5, 0.6) is 0 Å². The number of nitro groups is 1. The fourth-order valence-electron chi connectivity index (χ4n) is 3.11. The van der Waals surface area contributed by atoms with Crippen LogP contribution in [0.2, 0.25) is 0 Å². The normalized spacial score (nSPS) is 14.6. The molecule has 3 rings (SSSR count). The van der Waals surface area contributed by atoms with E-state index in [1.165, 1.54) is 19.1 Å². The van der Waals surface area contributed by atoms with Crippen molar-refractivity contribution in [2.75, 3.05) is 16.8 Å². The maximum atomic E-state index is 13.4. The van der Waals surface area contributed by atoms with E-state index in [1.54, 1.807) is 17.0 Å². The van der Waals surface area contributed by atoms with Crippen LogP contribution < -0.4 is 10.2 Å². The summed E-state index contributed by atoms with van der Waals surface area (Å²) in [4.78, 5) is 48.1. The Kier molecular flexibility index (Phi) is 6.58. The third-order valence-corrected chi connectivity index (χ3v) is 4.80. The molecule has 1 fully saturated rings. The summed E-state index contributed by atoms with van der Waals surface area (Å²) in [7, 11) is 0. The second-order valence-electron chi connectivity index (χ2n) is 7.01. The number of amides is 2. The highest BCUT2D eigenvalue weighted by Gasteiger charge is 2.23. The number of ether oxygens (including phenoxy) is 1. The number of anilines is 2. The lowest BCUT2D eigenvalue weighted by Crippen LogP contribution is -2.35. The maximum Gasteiger partial charge on any atom is 0.338 e. The minimum Gasteiger partial charge on any atom is -0.449 e. The van der Waals surface area contributed by atoms with Gasteiger partial charge in [-0.1, -0.05) is 0 Å². The fraction of sp³-hybridized carbons (Fsp3) is 0.286. The Hall–Kier alpha value is -3.82. The number of nitro benzene ring substituents is 1. The lowest BCUT2D eigenvalue weighted by molar-refractivity contribution is -0.387. The number of piperidine rings is 1. The first-order valence-corrected chi connectivity index (χ1v) is 9.62. The quantitative estimate of drug-likeness (QED) is 0.427. The van der Waals surface area contributed by atoms with Gasteiger partial charge in [0.15, 0.2) is 6.10 Å². The van der Waals surface area contributed by atoms with Crippen LogP contribution in [0, 0.1) is 15.9 Å². The summed E-state index contributed by atoms with van der Waals surface area (Å²) >= 11 is 0. The largest absolute Gasteiger partial charge is 0.449 e. The Morgan fingerprint density at radius 2 is 1.90 bits per heavy atom. The van der Waals surface area contributed by atoms with Crippen molar-refractivity contribution in [2.24, 2.45) is 0 Å². The van der Waals surface area contributed by atoms with E-state index in [-0.39, 0.29) is 17.2 Å². The Morgan fingerprint density at radius 3 is 2.55 bits per heavy atom. The average Bonchev–Trinajstić information content (AvgIpc) is 2.75. The van der Waals surface area contributed by atoms with Crippen LogP contribution in [0.15, 0.2) is 42.5 Å². The molecule has 0 radical (unpaired) electrons. The maximum absolute atomic E-state index is 13.4. The van der Waals surface area contributed by atoms with Gasteiger partial charge in [-0.15, -0.1) is 0 Å². The number of halogens is 1. The van der Waals surface area contributed by atoms with E-state index in [2.05, 4.69) is 5.32 Å². The van der Waals surface area contributed by atoms with Gasteiger partial charge < -0.3 is 15.0 Å². The third kappa shape index (κ3) is 5.21. The van der Waals surface area contributed by atoms with Gasteiger partial charge in [0.2, 0.25) is 11.7 Å².